The van der Waals surface area contributed by atoms with Gasteiger partial charge in [-0.2, -0.15) is 5.26 Å². The molecule has 1 amide bonds. The predicted octanol–water partition coefficient (Wildman–Crippen LogP) is 2.53. The fraction of sp³-hybridized carbons (Fsp3) is 0.500. The number of nitriles is 1. The number of benzene rings is 1. The lowest BCUT2D eigenvalue weighted by Crippen LogP contribution is -2.53. The first-order valence-corrected chi connectivity index (χ1v) is 6.92. The average molecular weight is 272 g/mol. The Morgan fingerprint density at radius 1 is 1.40 bits per heavy atom. The van der Waals surface area contributed by atoms with Gasteiger partial charge in [-0.25, -0.2) is 0 Å². The molecule has 0 aromatic heterocycles. The first-order chi connectivity index (χ1) is 9.61. The molecule has 4 heteroatoms. The third kappa shape index (κ3) is 2.77. The molecule has 0 atom stereocenters. The van der Waals surface area contributed by atoms with Crippen molar-refractivity contribution in [3.8, 4) is 11.8 Å². The number of carbonyl (C=O) groups excluding carboxylic acids is 1. The van der Waals surface area contributed by atoms with Crippen LogP contribution in [-0.2, 0) is 11.2 Å². The zero-order chi connectivity index (χ0) is 14.6. The van der Waals surface area contributed by atoms with E-state index in [2.05, 4.69) is 6.07 Å². The van der Waals surface area contributed by atoms with Gasteiger partial charge in [-0.3, -0.25) is 4.79 Å². The number of ether oxygens (including phenoxy) is 1. The fourth-order valence-corrected chi connectivity index (χ4v) is 2.48. The molecular formula is C16H20N2O2. The molecule has 20 heavy (non-hydrogen) atoms. The summed E-state index contributed by atoms with van der Waals surface area (Å²) in [5.41, 5.74) is 0.559. The number of nitrogens with zero attached hydrogens (tertiary/aromatic N) is 2. The van der Waals surface area contributed by atoms with Crippen LogP contribution in [0.1, 0.15) is 31.2 Å². The van der Waals surface area contributed by atoms with Crippen molar-refractivity contribution in [2.75, 3.05) is 14.2 Å². The van der Waals surface area contributed by atoms with Crippen LogP contribution in [0.2, 0.25) is 0 Å². The van der Waals surface area contributed by atoms with Crippen LogP contribution in [0, 0.1) is 11.3 Å². The summed E-state index contributed by atoms with van der Waals surface area (Å²) in [6.07, 6.45) is 3.76. The SMILES string of the molecule is COc1ccc(CCC(=O)N(C)C2(C#N)CCC2)cc1. The minimum atomic E-state index is -0.545. The van der Waals surface area contributed by atoms with Crippen molar-refractivity contribution in [2.24, 2.45) is 0 Å². The molecule has 0 heterocycles. The molecule has 106 valence electrons. The highest BCUT2D eigenvalue weighted by molar-refractivity contribution is 5.77. The Kier molecular flexibility index (Phi) is 4.29. The largest absolute Gasteiger partial charge is 0.497 e. The highest BCUT2D eigenvalue weighted by Gasteiger charge is 2.43. The first-order valence-electron chi connectivity index (χ1n) is 6.92. The molecule has 1 aromatic carbocycles. The quantitative estimate of drug-likeness (QED) is 0.827. The number of rotatable bonds is 5. The second kappa shape index (κ2) is 5.96. The van der Waals surface area contributed by atoms with Crippen LogP contribution in [0.15, 0.2) is 24.3 Å². The molecule has 0 bridgehead atoms. The van der Waals surface area contributed by atoms with Gasteiger partial charge in [0.1, 0.15) is 11.3 Å². The molecule has 0 unspecified atom stereocenters. The standard InChI is InChI=1S/C16H20N2O2/c1-18(16(12-17)10-3-11-16)15(19)9-6-13-4-7-14(20-2)8-5-13/h4-5,7-8H,3,6,9-11H2,1-2H3. The van der Waals surface area contributed by atoms with E-state index >= 15 is 0 Å². The lowest BCUT2D eigenvalue weighted by Gasteiger charge is -2.43. The molecule has 0 spiro atoms. The molecule has 1 aliphatic carbocycles. The molecule has 0 N–H and O–H groups in total. The monoisotopic (exact) mass is 272 g/mol. The van der Waals surface area contributed by atoms with E-state index in [4.69, 9.17) is 4.74 Å². The van der Waals surface area contributed by atoms with E-state index in [0.717, 1.165) is 30.6 Å². The summed E-state index contributed by atoms with van der Waals surface area (Å²) < 4.78 is 5.10. The van der Waals surface area contributed by atoms with Crippen molar-refractivity contribution < 1.29 is 9.53 Å². The van der Waals surface area contributed by atoms with E-state index in [-0.39, 0.29) is 5.91 Å². The van der Waals surface area contributed by atoms with Crippen LogP contribution in [0.4, 0.5) is 0 Å². The van der Waals surface area contributed by atoms with Crippen molar-refractivity contribution >= 4 is 5.91 Å². The van der Waals surface area contributed by atoms with Crippen LogP contribution in [0.5, 0.6) is 5.75 Å². The third-order valence-electron chi connectivity index (χ3n) is 4.19. The van der Waals surface area contributed by atoms with Crippen molar-refractivity contribution in [3.63, 3.8) is 0 Å². The topological polar surface area (TPSA) is 53.3 Å². The van der Waals surface area contributed by atoms with Crippen molar-refractivity contribution in [1.29, 1.82) is 5.26 Å². The van der Waals surface area contributed by atoms with Gasteiger partial charge >= 0.3 is 0 Å². The van der Waals surface area contributed by atoms with E-state index in [1.54, 1.807) is 19.1 Å². The average Bonchev–Trinajstić information content (AvgIpc) is 2.44. The van der Waals surface area contributed by atoms with Gasteiger partial charge in [-0.1, -0.05) is 12.1 Å². The van der Waals surface area contributed by atoms with Crippen LogP contribution >= 0.6 is 0 Å². The number of hydrogen-bond acceptors (Lipinski definition) is 3. The predicted molar refractivity (Wildman–Crippen MR) is 76.3 cm³/mol. The van der Waals surface area contributed by atoms with Crippen LogP contribution < -0.4 is 4.74 Å². The second-order valence-corrected chi connectivity index (χ2v) is 5.30. The number of amides is 1. The van der Waals surface area contributed by atoms with Crippen molar-refractivity contribution in [3.05, 3.63) is 29.8 Å². The summed E-state index contributed by atoms with van der Waals surface area (Å²) in [5.74, 6) is 0.858. The molecule has 0 aliphatic heterocycles. The Bertz CT molecular complexity index is 512. The van der Waals surface area contributed by atoms with Gasteiger partial charge in [0.15, 0.2) is 0 Å². The maximum Gasteiger partial charge on any atom is 0.223 e. The molecule has 4 nitrogen and oxygen atoms in total. The van der Waals surface area contributed by atoms with Crippen molar-refractivity contribution in [1.82, 2.24) is 4.90 Å². The minimum Gasteiger partial charge on any atom is -0.497 e. The number of hydrogen-bond donors (Lipinski definition) is 0. The lowest BCUT2D eigenvalue weighted by molar-refractivity contribution is -0.136. The van der Waals surface area contributed by atoms with Crippen LogP contribution in [-0.4, -0.2) is 30.5 Å². The maximum atomic E-state index is 12.2. The molecule has 0 radical (unpaired) electrons. The van der Waals surface area contributed by atoms with E-state index in [1.807, 2.05) is 24.3 Å². The molecule has 0 saturated heterocycles. The van der Waals surface area contributed by atoms with Crippen LogP contribution in [0.3, 0.4) is 0 Å². The molecule has 1 saturated carbocycles. The van der Waals surface area contributed by atoms with Gasteiger partial charge in [-0.15, -0.1) is 0 Å². The molecule has 1 aromatic rings. The van der Waals surface area contributed by atoms with Gasteiger partial charge < -0.3 is 9.64 Å². The van der Waals surface area contributed by atoms with Gasteiger partial charge in [0.05, 0.1) is 13.2 Å². The molecule has 1 fully saturated rings. The number of methoxy groups -OCH3 is 1. The number of aryl methyl sites for hydroxylation is 1. The van der Waals surface area contributed by atoms with Crippen molar-refractivity contribution in [2.45, 2.75) is 37.6 Å². The lowest BCUT2D eigenvalue weighted by atomic mass is 9.76. The minimum absolute atomic E-state index is 0.0436. The summed E-state index contributed by atoms with van der Waals surface area (Å²) in [5, 5.41) is 9.24. The third-order valence-corrected chi connectivity index (χ3v) is 4.19. The van der Waals surface area contributed by atoms with Gasteiger partial charge in [0.25, 0.3) is 0 Å². The first kappa shape index (κ1) is 14.4. The Hall–Kier alpha value is -2.02. The van der Waals surface area contributed by atoms with Gasteiger partial charge in [0.2, 0.25) is 5.91 Å². The van der Waals surface area contributed by atoms with Gasteiger partial charge in [0, 0.05) is 13.5 Å². The van der Waals surface area contributed by atoms with E-state index < -0.39 is 5.54 Å². The molecular weight excluding hydrogens is 252 g/mol. The zero-order valence-corrected chi connectivity index (χ0v) is 12.1. The molecule has 1 aliphatic rings. The second-order valence-electron chi connectivity index (χ2n) is 5.30. The zero-order valence-electron chi connectivity index (χ0n) is 12.1. The summed E-state index contributed by atoms with van der Waals surface area (Å²) in [7, 11) is 3.38. The Labute approximate surface area is 120 Å². The maximum absolute atomic E-state index is 12.2. The summed E-state index contributed by atoms with van der Waals surface area (Å²) in [6.45, 7) is 0. The summed E-state index contributed by atoms with van der Waals surface area (Å²) in [6, 6.07) is 10.0. The Morgan fingerprint density at radius 2 is 2.05 bits per heavy atom. The molecule has 2 rings (SSSR count). The summed E-state index contributed by atoms with van der Waals surface area (Å²) >= 11 is 0. The fourth-order valence-electron chi connectivity index (χ4n) is 2.48. The normalized spacial score (nSPS) is 15.8. The highest BCUT2D eigenvalue weighted by atomic mass is 16.5. The number of carbonyl (C=O) groups is 1. The van der Waals surface area contributed by atoms with E-state index in [9.17, 15) is 10.1 Å². The smallest absolute Gasteiger partial charge is 0.223 e. The van der Waals surface area contributed by atoms with Gasteiger partial charge in [-0.05, 0) is 43.4 Å². The summed E-state index contributed by atoms with van der Waals surface area (Å²) in [4.78, 5) is 13.8. The Morgan fingerprint density at radius 3 is 2.50 bits per heavy atom. The van der Waals surface area contributed by atoms with E-state index in [0.29, 0.717) is 12.8 Å². The van der Waals surface area contributed by atoms with E-state index in [1.165, 1.54) is 0 Å². The Balaban J connectivity index is 1.90. The van der Waals surface area contributed by atoms with Crippen LogP contribution in [0.25, 0.3) is 0 Å². The highest BCUT2D eigenvalue weighted by Crippen LogP contribution is 2.36.